The first-order chi connectivity index (χ1) is 19.0. The van der Waals surface area contributed by atoms with Crippen molar-refractivity contribution < 1.29 is 14.6 Å². The smallest absolute Gasteiger partial charge is 0.410 e. The number of carbonyl (C=O) groups is 1. The quantitative estimate of drug-likeness (QED) is 0.271. The minimum Gasteiger partial charge on any atom is -0.577 e. The maximum absolute atomic E-state index is 12.4. The number of hydrogen-bond acceptors (Lipinski definition) is 9. The fourth-order valence-electron chi connectivity index (χ4n) is 4.86. The molecule has 1 amide bonds. The lowest BCUT2D eigenvalue weighted by molar-refractivity contribution is 0.0240. The van der Waals surface area contributed by atoms with Gasteiger partial charge in [-0.2, -0.15) is 0 Å². The molecule has 0 radical (unpaired) electrons. The summed E-state index contributed by atoms with van der Waals surface area (Å²) in [6.07, 6.45) is 5.73. The molecular formula is C28H35N8O3S+. The highest BCUT2D eigenvalue weighted by molar-refractivity contribution is 7.13. The molecule has 1 saturated heterocycles. The number of benzene rings is 1. The molecule has 1 aliphatic heterocycles. The highest BCUT2D eigenvalue weighted by Crippen LogP contribution is 2.45. The van der Waals surface area contributed by atoms with Gasteiger partial charge in [0.2, 0.25) is 5.95 Å². The number of aliphatic imine (C=N–C) groups is 1. The fraction of sp³-hybridized carbons (Fsp3) is 0.429. The van der Waals surface area contributed by atoms with Gasteiger partial charge in [0.1, 0.15) is 11.4 Å². The minimum absolute atomic E-state index is 0.0122. The molecule has 210 valence electrons. The van der Waals surface area contributed by atoms with Crippen molar-refractivity contribution in [2.75, 3.05) is 36.8 Å². The Morgan fingerprint density at radius 3 is 2.33 bits per heavy atom. The van der Waals surface area contributed by atoms with Crippen molar-refractivity contribution in [2.24, 2.45) is 4.99 Å². The van der Waals surface area contributed by atoms with E-state index in [1.54, 1.807) is 17.3 Å². The number of aromatic nitrogens is 3. The molecule has 1 aromatic carbocycles. The number of thiazole rings is 1. The largest absolute Gasteiger partial charge is 0.577 e. The van der Waals surface area contributed by atoms with Crippen LogP contribution in [0.15, 0.2) is 47.0 Å². The van der Waals surface area contributed by atoms with Crippen molar-refractivity contribution in [2.45, 2.75) is 51.0 Å². The summed E-state index contributed by atoms with van der Waals surface area (Å²) < 4.78 is 5.48. The third-order valence-electron chi connectivity index (χ3n) is 7.26. The molecule has 0 atom stereocenters. The molecule has 0 bridgehead atoms. The van der Waals surface area contributed by atoms with E-state index in [-0.39, 0.29) is 23.8 Å². The van der Waals surface area contributed by atoms with E-state index in [1.165, 1.54) is 11.3 Å². The predicted octanol–water partition coefficient (Wildman–Crippen LogP) is 3.81. The fourth-order valence-corrected chi connectivity index (χ4v) is 5.73. The van der Waals surface area contributed by atoms with Crippen molar-refractivity contribution >= 4 is 40.2 Å². The molecule has 11 nitrogen and oxygen atoms in total. The number of anilines is 2. The van der Waals surface area contributed by atoms with Crippen LogP contribution in [0.2, 0.25) is 0 Å². The molecule has 2 aromatic heterocycles. The van der Waals surface area contributed by atoms with Gasteiger partial charge in [-0.3, -0.25) is 5.41 Å². The van der Waals surface area contributed by atoms with Gasteiger partial charge in [-0.25, -0.2) is 19.7 Å². The summed E-state index contributed by atoms with van der Waals surface area (Å²) in [6, 6.07) is 8.04. The first kappa shape index (κ1) is 27.5. The Morgan fingerprint density at radius 1 is 1.10 bits per heavy atom. The van der Waals surface area contributed by atoms with Crippen LogP contribution in [0.5, 0.6) is 0 Å². The molecule has 3 aromatic rings. The summed E-state index contributed by atoms with van der Waals surface area (Å²) in [4.78, 5) is 33.4. The molecule has 2 fully saturated rings. The molecule has 1 aliphatic carbocycles. The number of hydrogen-bond donors (Lipinski definition) is 2. The zero-order valence-electron chi connectivity index (χ0n) is 23.0. The van der Waals surface area contributed by atoms with Gasteiger partial charge in [-0.15, -0.1) is 16.3 Å². The molecular weight excluding hydrogens is 528 g/mol. The molecule has 5 rings (SSSR count). The third-order valence-corrected chi connectivity index (χ3v) is 8.16. The van der Waals surface area contributed by atoms with Crippen LogP contribution in [0.25, 0.3) is 11.1 Å². The monoisotopic (exact) mass is 563 g/mol. The number of ether oxygens (including phenoxy) is 1. The first-order valence-electron chi connectivity index (χ1n) is 13.3. The summed E-state index contributed by atoms with van der Waals surface area (Å²) in [7, 11) is 0. The normalized spacial score (nSPS) is 17.3. The lowest BCUT2D eigenvalue weighted by Gasteiger charge is -2.41. The number of piperazine rings is 1. The minimum atomic E-state index is -0.523. The second-order valence-corrected chi connectivity index (χ2v) is 12.0. The van der Waals surface area contributed by atoms with Gasteiger partial charge in [-0.05, 0) is 44.7 Å². The standard InChI is InChI=1S/C28H34N8O3S/c1-27(2,3)39-26(38)36-13-11-35(12-14-36)25-33-21(17-40-25)22(37)34-23(29)28(9-4-10-28)20-7-5-18(6-8-20)19-15-31-24(30)32-16-19/h5-8,15-17H,4,9-14H2,1-3H3,(H2,29,34,37)(H2,30,31,32)/p+1. The van der Waals surface area contributed by atoms with Crippen LogP contribution in [-0.4, -0.2) is 74.6 Å². The van der Waals surface area contributed by atoms with E-state index in [2.05, 4.69) is 24.8 Å². The Balaban J connectivity index is 1.24. The SMILES string of the molecule is CC(C)(C)OC(=O)N1CCN(c2nc(C([OH2+])=NC(=N)C3(c4ccc(-c5cnc(N)nc5)cc4)CCC3)cs2)CC1. The van der Waals surface area contributed by atoms with Crippen LogP contribution < -0.4 is 10.6 Å². The summed E-state index contributed by atoms with van der Waals surface area (Å²) in [5.41, 5.74) is 7.88. The molecule has 1 saturated carbocycles. The Kier molecular flexibility index (Phi) is 7.45. The van der Waals surface area contributed by atoms with Crippen molar-refractivity contribution in [1.29, 1.82) is 5.41 Å². The van der Waals surface area contributed by atoms with Gasteiger partial charge in [-0.1, -0.05) is 30.7 Å². The molecule has 0 unspecified atom stereocenters. The second-order valence-electron chi connectivity index (χ2n) is 11.1. The van der Waals surface area contributed by atoms with E-state index in [1.807, 2.05) is 50.4 Å². The zero-order chi connectivity index (χ0) is 28.5. The number of nitrogens with two attached hydrogens (primary N) is 1. The van der Waals surface area contributed by atoms with Gasteiger partial charge in [0.25, 0.3) is 0 Å². The van der Waals surface area contributed by atoms with E-state index in [0.717, 1.165) is 41.1 Å². The maximum atomic E-state index is 12.4. The van der Waals surface area contributed by atoms with Crippen LogP contribution in [0.1, 0.15) is 51.3 Å². The van der Waals surface area contributed by atoms with E-state index >= 15 is 0 Å². The molecule has 3 heterocycles. The van der Waals surface area contributed by atoms with Crippen LogP contribution in [0.3, 0.4) is 0 Å². The second kappa shape index (κ2) is 10.8. The summed E-state index contributed by atoms with van der Waals surface area (Å²) >= 11 is 1.45. The summed E-state index contributed by atoms with van der Waals surface area (Å²) in [6.45, 7) is 7.94. The van der Waals surface area contributed by atoms with E-state index in [9.17, 15) is 4.79 Å². The maximum Gasteiger partial charge on any atom is 0.410 e. The van der Waals surface area contributed by atoms with Crippen LogP contribution >= 0.6 is 11.3 Å². The van der Waals surface area contributed by atoms with Gasteiger partial charge < -0.3 is 25.4 Å². The van der Waals surface area contributed by atoms with Crippen molar-refractivity contribution in [1.82, 2.24) is 19.9 Å². The Labute approximate surface area is 237 Å². The third kappa shape index (κ3) is 5.76. The van der Waals surface area contributed by atoms with E-state index in [4.69, 9.17) is 21.0 Å². The van der Waals surface area contributed by atoms with Gasteiger partial charge in [0, 0.05) is 49.5 Å². The first-order valence-corrected chi connectivity index (χ1v) is 14.2. The van der Waals surface area contributed by atoms with E-state index in [0.29, 0.717) is 31.9 Å². The Bertz CT molecular complexity index is 1400. The number of amidine groups is 1. The zero-order valence-corrected chi connectivity index (χ0v) is 23.8. The number of nitrogens with zero attached hydrogens (tertiary/aromatic N) is 6. The lowest BCUT2D eigenvalue weighted by atomic mass is 9.63. The molecule has 2 aliphatic rings. The number of carbonyl (C=O) groups excluding carboxylic acids is 1. The average molecular weight is 564 g/mol. The topological polar surface area (TPSA) is 157 Å². The average Bonchev–Trinajstić information content (AvgIpc) is 3.39. The number of nitrogen functional groups attached to an aromatic ring is 1. The predicted molar refractivity (Wildman–Crippen MR) is 157 cm³/mol. The van der Waals surface area contributed by atoms with Crippen molar-refractivity contribution in [3.8, 4) is 11.1 Å². The lowest BCUT2D eigenvalue weighted by Crippen LogP contribution is -2.50. The number of amides is 1. The molecule has 12 heteroatoms. The number of nitrogens with one attached hydrogen (secondary N) is 1. The highest BCUT2D eigenvalue weighted by Gasteiger charge is 2.44. The summed E-state index contributed by atoms with van der Waals surface area (Å²) in [5.74, 6) is 0.411. The van der Waals surface area contributed by atoms with Gasteiger partial charge in [0.05, 0.1) is 5.41 Å². The molecule has 40 heavy (non-hydrogen) atoms. The Morgan fingerprint density at radius 2 is 1.75 bits per heavy atom. The van der Waals surface area contributed by atoms with Gasteiger partial charge >= 0.3 is 12.0 Å². The summed E-state index contributed by atoms with van der Waals surface area (Å²) in [5, 5.41) is 20.0. The van der Waals surface area contributed by atoms with Crippen molar-refractivity contribution in [3.63, 3.8) is 0 Å². The van der Waals surface area contributed by atoms with Crippen LogP contribution in [-0.2, 0) is 10.2 Å². The molecule has 0 spiro atoms. The van der Waals surface area contributed by atoms with Crippen LogP contribution in [0, 0.1) is 5.41 Å². The van der Waals surface area contributed by atoms with Crippen molar-refractivity contribution in [3.05, 3.63) is 53.3 Å². The van der Waals surface area contributed by atoms with Gasteiger partial charge in [0.15, 0.2) is 10.8 Å². The molecule has 5 N–H and O–H groups in total. The van der Waals surface area contributed by atoms with Crippen LogP contribution in [0.4, 0.5) is 15.9 Å². The Hall–Kier alpha value is -4.06. The highest BCUT2D eigenvalue weighted by atomic mass is 32.1. The number of rotatable bonds is 5. The van der Waals surface area contributed by atoms with E-state index < -0.39 is 11.0 Å².